The molecule has 8 nitrogen and oxygen atoms in total. The summed E-state index contributed by atoms with van der Waals surface area (Å²) in [7, 11) is 0. The number of halogens is 3. The molecule has 0 saturated carbocycles. The molecule has 0 unspecified atom stereocenters. The van der Waals surface area contributed by atoms with Gasteiger partial charge in [-0.15, -0.1) is 0 Å². The van der Waals surface area contributed by atoms with Gasteiger partial charge in [0.1, 0.15) is 11.6 Å². The number of aryl methyl sites for hydroxylation is 1. The molecule has 2 fully saturated rings. The van der Waals surface area contributed by atoms with E-state index < -0.39 is 11.7 Å². The maximum Gasteiger partial charge on any atom is 0.417 e. The Kier molecular flexibility index (Phi) is 5.65. The number of ether oxygens (including phenoxy) is 2. The van der Waals surface area contributed by atoms with Gasteiger partial charge in [-0.2, -0.15) is 18.2 Å². The van der Waals surface area contributed by atoms with Crippen LogP contribution in [0, 0.1) is 6.92 Å². The number of anilines is 3. The molecule has 0 spiro atoms. The molecule has 0 radical (unpaired) electrons. The van der Waals surface area contributed by atoms with Crippen molar-refractivity contribution in [2.75, 3.05) is 68.1 Å². The molecule has 0 aromatic carbocycles. The summed E-state index contributed by atoms with van der Waals surface area (Å²) in [4.78, 5) is 17.1. The van der Waals surface area contributed by atoms with Crippen LogP contribution in [0.4, 0.5) is 30.8 Å². The van der Waals surface area contributed by atoms with Crippen molar-refractivity contribution in [3.8, 4) is 11.3 Å². The first-order valence-electron chi connectivity index (χ1n) is 9.72. The number of aromatic nitrogens is 3. The van der Waals surface area contributed by atoms with E-state index in [2.05, 4.69) is 15.0 Å². The average molecular weight is 424 g/mol. The minimum atomic E-state index is -4.60. The van der Waals surface area contributed by atoms with Gasteiger partial charge in [-0.3, -0.25) is 0 Å². The van der Waals surface area contributed by atoms with Gasteiger partial charge in [-0.1, -0.05) is 0 Å². The maximum absolute atomic E-state index is 13.8. The molecule has 2 saturated heterocycles. The Hall–Kier alpha value is -2.66. The van der Waals surface area contributed by atoms with Gasteiger partial charge >= 0.3 is 6.18 Å². The third-order valence-electron chi connectivity index (χ3n) is 5.11. The van der Waals surface area contributed by atoms with E-state index in [0.717, 1.165) is 6.07 Å². The number of hydrogen-bond donors (Lipinski definition) is 1. The van der Waals surface area contributed by atoms with Crippen molar-refractivity contribution in [2.45, 2.75) is 13.1 Å². The monoisotopic (exact) mass is 424 g/mol. The summed E-state index contributed by atoms with van der Waals surface area (Å²) in [5.41, 5.74) is 5.01. The second-order valence-corrected chi connectivity index (χ2v) is 7.16. The molecule has 11 heteroatoms. The van der Waals surface area contributed by atoms with Gasteiger partial charge in [0.25, 0.3) is 0 Å². The van der Waals surface area contributed by atoms with Gasteiger partial charge in [0.05, 0.1) is 37.7 Å². The van der Waals surface area contributed by atoms with Crippen molar-refractivity contribution in [2.24, 2.45) is 0 Å². The summed E-state index contributed by atoms with van der Waals surface area (Å²) in [5.74, 6) is 0.759. The van der Waals surface area contributed by atoms with E-state index in [-0.39, 0.29) is 22.8 Å². The number of rotatable bonds is 3. The first kappa shape index (κ1) is 20.6. The highest BCUT2D eigenvalue weighted by Crippen LogP contribution is 2.40. The van der Waals surface area contributed by atoms with Crippen LogP contribution in [0.3, 0.4) is 0 Å². The van der Waals surface area contributed by atoms with Crippen molar-refractivity contribution in [1.29, 1.82) is 0 Å². The van der Waals surface area contributed by atoms with E-state index in [1.807, 2.05) is 9.80 Å². The molecule has 2 aliphatic heterocycles. The van der Waals surface area contributed by atoms with Gasteiger partial charge in [-0.05, 0) is 13.0 Å². The topological polar surface area (TPSA) is 89.6 Å². The Morgan fingerprint density at radius 3 is 2.10 bits per heavy atom. The van der Waals surface area contributed by atoms with Crippen LogP contribution in [0.15, 0.2) is 12.1 Å². The summed E-state index contributed by atoms with van der Waals surface area (Å²) < 4.78 is 52.2. The number of alkyl halides is 3. The van der Waals surface area contributed by atoms with Crippen LogP contribution in [0.25, 0.3) is 11.3 Å². The van der Waals surface area contributed by atoms with Gasteiger partial charge in [0.2, 0.25) is 5.95 Å². The van der Waals surface area contributed by atoms with E-state index in [0.29, 0.717) is 64.4 Å². The highest BCUT2D eigenvalue weighted by Gasteiger charge is 2.36. The Balaban J connectivity index is 1.87. The Bertz CT molecular complexity index is 876. The van der Waals surface area contributed by atoms with E-state index in [1.165, 1.54) is 6.92 Å². The van der Waals surface area contributed by atoms with Gasteiger partial charge in [-0.25, -0.2) is 9.97 Å². The lowest BCUT2D eigenvalue weighted by Gasteiger charge is -2.31. The molecular formula is C19H23F3N6O2. The van der Waals surface area contributed by atoms with Crippen LogP contribution in [-0.4, -0.2) is 67.6 Å². The maximum atomic E-state index is 13.8. The van der Waals surface area contributed by atoms with Crippen LogP contribution in [0.1, 0.15) is 11.3 Å². The van der Waals surface area contributed by atoms with Crippen LogP contribution in [-0.2, 0) is 15.7 Å². The summed E-state index contributed by atoms with van der Waals surface area (Å²) in [5, 5.41) is 0. The van der Waals surface area contributed by atoms with E-state index in [9.17, 15) is 13.2 Å². The summed E-state index contributed by atoms with van der Waals surface area (Å²) in [6.45, 7) is 5.92. The molecule has 0 bridgehead atoms. The first-order chi connectivity index (χ1) is 14.3. The molecule has 0 atom stereocenters. The van der Waals surface area contributed by atoms with E-state index in [4.69, 9.17) is 15.2 Å². The number of nitrogen functional groups attached to an aromatic ring is 1. The van der Waals surface area contributed by atoms with Crippen molar-refractivity contribution in [1.82, 2.24) is 15.0 Å². The Labute approximate surface area is 171 Å². The standard InChI is InChI=1S/C19H23F3N6O2/c1-12-17(13(19(20,21)22)10-15(23)24-12)14-11-16(27-2-6-29-7-3-27)26-18(25-14)28-4-8-30-9-5-28/h10-11H,2-9H2,1H3,(H2,23,24). The predicted molar refractivity (Wildman–Crippen MR) is 105 cm³/mol. The van der Waals surface area contributed by atoms with Gasteiger partial charge in [0, 0.05) is 43.5 Å². The summed E-state index contributed by atoms with van der Waals surface area (Å²) >= 11 is 0. The second kappa shape index (κ2) is 8.23. The minimum absolute atomic E-state index is 0.0804. The summed E-state index contributed by atoms with van der Waals surface area (Å²) in [6, 6.07) is 2.44. The normalized spacial score (nSPS) is 18.0. The molecule has 4 heterocycles. The zero-order chi connectivity index (χ0) is 21.3. The van der Waals surface area contributed by atoms with E-state index in [1.54, 1.807) is 6.07 Å². The fraction of sp³-hybridized carbons (Fsp3) is 0.526. The third kappa shape index (κ3) is 4.26. The molecule has 2 aromatic rings. The lowest BCUT2D eigenvalue weighted by molar-refractivity contribution is -0.137. The molecule has 0 aliphatic carbocycles. The Morgan fingerprint density at radius 2 is 1.50 bits per heavy atom. The fourth-order valence-electron chi connectivity index (χ4n) is 3.65. The number of nitrogens with two attached hydrogens (primary N) is 1. The molecule has 2 aliphatic rings. The highest BCUT2D eigenvalue weighted by atomic mass is 19.4. The molecular weight excluding hydrogens is 401 g/mol. The second-order valence-electron chi connectivity index (χ2n) is 7.16. The van der Waals surface area contributed by atoms with Crippen LogP contribution < -0.4 is 15.5 Å². The number of hydrogen-bond acceptors (Lipinski definition) is 8. The lowest BCUT2D eigenvalue weighted by atomic mass is 10.0. The molecule has 4 rings (SSSR count). The van der Waals surface area contributed by atoms with Crippen molar-refractivity contribution in [3.63, 3.8) is 0 Å². The van der Waals surface area contributed by atoms with Crippen molar-refractivity contribution in [3.05, 3.63) is 23.4 Å². The zero-order valence-corrected chi connectivity index (χ0v) is 16.6. The van der Waals surface area contributed by atoms with E-state index >= 15 is 0 Å². The minimum Gasteiger partial charge on any atom is -0.384 e. The van der Waals surface area contributed by atoms with Crippen molar-refractivity contribution < 1.29 is 22.6 Å². The number of pyridine rings is 1. The Morgan fingerprint density at radius 1 is 0.900 bits per heavy atom. The highest BCUT2D eigenvalue weighted by molar-refractivity contribution is 5.72. The molecule has 2 N–H and O–H groups in total. The van der Waals surface area contributed by atoms with Gasteiger partial charge < -0.3 is 25.0 Å². The van der Waals surface area contributed by atoms with Crippen LogP contribution >= 0.6 is 0 Å². The summed E-state index contributed by atoms with van der Waals surface area (Å²) in [6.07, 6.45) is -4.60. The lowest BCUT2D eigenvalue weighted by Crippen LogP contribution is -2.39. The number of morpholine rings is 2. The SMILES string of the molecule is Cc1nc(N)cc(C(F)(F)F)c1-c1cc(N2CCOCC2)nc(N2CCOCC2)n1. The predicted octanol–water partition coefficient (Wildman–Crippen LogP) is 2.12. The van der Waals surface area contributed by atoms with Crippen LogP contribution in [0.5, 0.6) is 0 Å². The molecule has 2 aromatic heterocycles. The molecule has 30 heavy (non-hydrogen) atoms. The quantitative estimate of drug-likeness (QED) is 0.802. The van der Waals surface area contributed by atoms with Crippen LogP contribution in [0.2, 0.25) is 0 Å². The number of nitrogens with zero attached hydrogens (tertiary/aromatic N) is 5. The van der Waals surface area contributed by atoms with Gasteiger partial charge in [0.15, 0.2) is 0 Å². The van der Waals surface area contributed by atoms with Crippen molar-refractivity contribution >= 4 is 17.6 Å². The zero-order valence-electron chi connectivity index (χ0n) is 16.6. The third-order valence-corrected chi connectivity index (χ3v) is 5.11. The molecule has 0 amide bonds. The molecule has 162 valence electrons. The average Bonchev–Trinajstić information content (AvgIpc) is 2.73. The first-order valence-corrected chi connectivity index (χ1v) is 9.72. The largest absolute Gasteiger partial charge is 0.417 e. The fourth-order valence-corrected chi connectivity index (χ4v) is 3.65. The smallest absolute Gasteiger partial charge is 0.384 e.